The predicted molar refractivity (Wildman–Crippen MR) is 119 cm³/mol. The third-order valence-electron chi connectivity index (χ3n) is 5.11. The minimum Gasteiger partial charge on any atom is -0.458 e. The molecule has 5 nitrogen and oxygen atoms in total. The monoisotopic (exact) mass is 382 g/mol. The summed E-state index contributed by atoms with van der Waals surface area (Å²) in [5, 5.41) is 6.00. The molecule has 3 heterocycles. The Morgan fingerprint density at radius 3 is 2.79 bits per heavy atom. The van der Waals surface area contributed by atoms with Crippen molar-refractivity contribution in [2.45, 2.75) is 13.5 Å². The number of hydrogen-bond acceptors (Lipinski definition) is 4. The van der Waals surface area contributed by atoms with Crippen molar-refractivity contribution in [3.8, 4) is 29.4 Å². The molecule has 29 heavy (non-hydrogen) atoms. The topological polar surface area (TPSA) is 43.2 Å². The Labute approximate surface area is 172 Å². The predicted octanol–water partition coefficient (Wildman–Crippen LogP) is 3.05. The van der Waals surface area contributed by atoms with E-state index < -0.39 is 0 Å². The van der Waals surface area contributed by atoms with Gasteiger partial charge in [-0.05, 0) is 68.6 Å². The van der Waals surface area contributed by atoms with Gasteiger partial charge in [-0.1, -0.05) is 5.92 Å². The molecule has 1 aromatic carbocycles. The van der Waals surface area contributed by atoms with Crippen LogP contribution in [0.2, 0.25) is 0 Å². The lowest BCUT2D eigenvalue weighted by Crippen LogP contribution is -2.46. The van der Waals surface area contributed by atoms with Crippen molar-refractivity contribution in [3.05, 3.63) is 66.7 Å². The highest BCUT2D eigenvalue weighted by atomic mass is 16.5. The molecule has 0 N–H and O–H groups in total. The van der Waals surface area contributed by atoms with E-state index in [1.165, 1.54) is 0 Å². The van der Waals surface area contributed by atoms with Crippen LogP contribution in [0, 0.1) is 18.3 Å². The number of aromatic nitrogens is 3. The second-order valence-electron chi connectivity index (χ2n) is 7.33. The summed E-state index contributed by atoms with van der Waals surface area (Å²) in [4.78, 5) is 6.65. The van der Waals surface area contributed by atoms with E-state index in [-0.39, 0.29) is 0 Å². The molecule has 0 unspecified atom stereocenters. The quantitative estimate of drug-likeness (QED) is 0.285. The van der Waals surface area contributed by atoms with Crippen molar-refractivity contribution < 1.29 is 4.74 Å². The van der Waals surface area contributed by atoms with Crippen LogP contribution in [0.3, 0.4) is 0 Å². The number of hydrogen-bond donors (Lipinski definition) is 0. The second-order valence-corrected chi connectivity index (χ2v) is 7.33. The molecule has 4 rings (SSSR count). The van der Waals surface area contributed by atoms with Crippen molar-refractivity contribution in [1.82, 2.24) is 19.6 Å². The van der Waals surface area contributed by atoms with Crippen LogP contribution in [-0.4, -0.2) is 40.6 Å². The lowest BCUT2D eigenvalue weighted by Gasteiger charge is -2.36. The fraction of sp³-hybridized carbons (Fsp3) is 0.217. The molecule has 3 aromatic rings. The first-order valence-electron chi connectivity index (χ1n) is 9.74. The molecule has 1 aliphatic heterocycles. The van der Waals surface area contributed by atoms with Gasteiger partial charge in [-0.2, -0.15) is 5.10 Å². The third kappa shape index (κ3) is 4.10. The minimum atomic E-state index is 0.648. The molecule has 6 heteroatoms. The summed E-state index contributed by atoms with van der Waals surface area (Å²) in [6.45, 7) is 5.08. The highest BCUT2D eigenvalue weighted by Crippen LogP contribution is 2.30. The second kappa shape index (κ2) is 8.38. The summed E-state index contributed by atoms with van der Waals surface area (Å²) in [5.41, 5.74) is 3.12. The van der Waals surface area contributed by atoms with Crippen LogP contribution in [0.25, 0.3) is 22.2 Å². The zero-order chi connectivity index (χ0) is 20.2. The standard InChI is InChI=1S/C23H23BN4O/c1-3-5-6-19(4-2)29-20-9-7-18(8-10-20)23-21-13-25-12-11-22(21)28(26-23)16-17-14-27(24)15-17/h1,4-13,17H,14-16,24H2,2H3/b6-5-,19-4+. The number of terminal acetylenes is 1. The molecule has 0 saturated carbocycles. The fourth-order valence-corrected chi connectivity index (χ4v) is 3.70. The van der Waals surface area contributed by atoms with Crippen LogP contribution in [0.4, 0.5) is 0 Å². The van der Waals surface area contributed by atoms with Gasteiger partial charge in [-0.25, -0.2) is 0 Å². The smallest absolute Gasteiger partial charge is 0.185 e. The molecule has 1 fully saturated rings. The molecule has 0 atom stereocenters. The Kier molecular flexibility index (Phi) is 5.50. The number of nitrogens with zero attached hydrogens (tertiary/aromatic N) is 4. The number of benzene rings is 1. The van der Waals surface area contributed by atoms with Crippen molar-refractivity contribution in [2.24, 2.45) is 5.92 Å². The summed E-state index contributed by atoms with van der Waals surface area (Å²) >= 11 is 0. The molecular formula is C23H23BN4O. The molecule has 144 valence electrons. The summed E-state index contributed by atoms with van der Waals surface area (Å²) in [5.74, 6) is 4.58. The van der Waals surface area contributed by atoms with Gasteiger partial charge in [0, 0.05) is 35.8 Å². The third-order valence-corrected chi connectivity index (χ3v) is 5.11. The summed E-state index contributed by atoms with van der Waals surface area (Å²) in [6, 6.07) is 10.0. The van der Waals surface area contributed by atoms with Crippen molar-refractivity contribution in [1.29, 1.82) is 0 Å². The van der Waals surface area contributed by atoms with Crippen molar-refractivity contribution in [2.75, 3.05) is 13.1 Å². The van der Waals surface area contributed by atoms with E-state index >= 15 is 0 Å². The van der Waals surface area contributed by atoms with E-state index in [0.717, 1.165) is 47.5 Å². The highest BCUT2D eigenvalue weighted by molar-refractivity contribution is 6.04. The van der Waals surface area contributed by atoms with Gasteiger partial charge in [0.2, 0.25) is 0 Å². The van der Waals surface area contributed by atoms with Crippen molar-refractivity contribution >= 4 is 18.9 Å². The molecule has 1 aliphatic rings. The first-order valence-corrected chi connectivity index (χ1v) is 9.74. The van der Waals surface area contributed by atoms with Crippen LogP contribution >= 0.6 is 0 Å². The van der Waals surface area contributed by atoms with Gasteiger partial charge < -0.3 is 9.55 Å². The van der Waals surface area contributed by atoms with Crippen LogP contribution < -0.4 is 4.74 Å². The van der Waals surface area contributed by atoms with Crippen molar-refractivity contribution in [3.63, 3.8) is 0 Å². The Morgan fingerprint density at radius 2 is 2.10 bits per heavy atom. The van der Waals surface area contributed by atoms with E-state index in [4.69, 9.17) is 16.3 Å². The highest BCUT2D eigenvalue weighted by Gasteiger charge is 2.24. The molecule has 0 radical (unpaired) electrons. The lowest BCUT2D eigenvalue weighted by atomic mass is 9.96. The normalized spacial score (nSPS) is 15.5. The van der Waals surface area contributed by atoms with E-state index in [1.54, 1.807) is 12.2 Å². The van der Waals surface area contributed by atoms with Gasteiger partial charge in [0.1, 0.15) is 17.2 Å². The minimum absolute atomic E-state index is 0.648. The van der Waals surface area contributed by atoms with E-state index in [9.17, 15) is 0 Å². The zero-order valence-corrected chi connectivity index (χ0v) is 16.7. The molecule has 0 spiro atoms. The van der Waals surface area contributed by atoms with E-state index in [1.807, 2.05) is 55.7 Å². The first-order chi connectivity index (χ1) is 14.2. The zero-order valence-electron chi connectivity index (χ0n) is 16.7. The number of ether oxygens (including phenoxy) is 1. The summed E-state index contributed by atoms with van der Waals surface area (Å²) in [6.07, 6.45) is 14.3. The molecule has 1 saturated heterocycles. The Hall–Kier alpha value is -3.30. The average molecular weight is 382 g/mol. The number of fused-ring (bicyclic) bond motifs is 1. The number of allylic oxidation sites excluding steroid dienone is 3. The number of pyridine rings is 1. The Morgan fingerprint density at radius 1 is 1.31 bits per heavy atom. The summed E-state index contributed by atoms with van der Waals surface area (Å²) < 4.78 is 7.99. The maximum absolute atomic E-state index is 5.87. The average Bonchev–Trinajstić information content (AvgIpc) is 3.09. The van der Waals surface area contributed by atoms with Crippen LogP contribution in [0.15, 0.2) is 66.7 Å². The van der Waals surface area contributed by atoms with E-state index in [0.29, 0.717) is 11.7 Å². The maximum atomic E-state index is 5.87. The van der Waals surface area contributed by atoms with Crippen LogP contribution in [0.5, 0.6) is 5.75 Å². The van der Waals surface area contributed by atoms with Gasteiger partial charge in [-0.15, -0.1) is 6.42 Å². The van der Waals surface area contributed by atoms with Gasteiger partial charge in [-0.3, -0.25) is 9.67 Å². The van der Waals surface area contributed by atoms with Gasteiger partial charge in [0.05, 0.1) is 5.52 Å². The van der Waals surface area contributed by atoms with Crippen LogP contribution in [-0.2, 0) is 6.54 Å². The summed E-state index contributed by atoms with van der Waals surface area (Å²) in [7, 11) is 2.15. The Balaban J connectivity index is 1.60. The molecular weight excluding hydrogens is 359 g/mol. The molecule has 0 amide bonds. The van der Waals surface area contributed by atoms with E-state index in [2.05, 4.69) is 28.4 Å². The van der Waals surface area contributed by atoms with Gasteiger partial charge in [0.15, 0.2) is 7.98 Å². The maximum Gasteiger partial charge on any atom is 0.185 e. The molecule has 2 aromatic heterocycles. The largest absolute Gasteiger partial charge is 0.458 e. The first kappa shape index (κ1) is 19.0. The van der Waals surface area contributed by atoms with Gasteiger partial charge in [0.25, 0.3) is 0 Å². The SMILES string of the molecule is BN1CC(Cn2nc(-c3ccc(OC(/C=C\C#C)=C/C)cc3)c3cnccc32)C1. The molecule has 0 bridgehead atoms. The number of rotatable bonds is 6. The van der Waals surface area contributed by atoms with Crippen LogP contribution in [0.1, 0.15) is 6.92 Å². The van der Waals surface area contributed by atoms with Gasteiger partial charge >= 0.3 is 0 Å². The lowest BCUT2D eigenvalue weighted by molar-refractivity contribution is 0.182. The fourth-order valence-electron chi connectivity index (χ4n) is 3.70. The Bertz CT molecular complexity index is 1100. The molecule has 0 aliphatic carbocycles.